The van der Waals surface area contributed by atoms with E-state index in [2.05, 4.69) is 34.9 Å². The van der Waals surface area contributed by atoms with Crippen molar-refractivity contribution in [1.82, 2.24) is 10.6 Å². The van der Waals surface area contributed by atoms with Gasteiger partial charge in [0.15, 0.2) is 0 Å². The van der Waals surface area contributed by atoms with E-state index in [1.807, 2.05) is 43.2 Å². The number of hydrogen-bond acceptors (Lipinski definition) is 8. The van der Waals surface area contributed by atoms with Crippen LogP contribution < -0.4 is 22.1 Å². The van der Waals surface area contributed by atoms with Crippen molar-refractivity contribution in [3.05, 3.63) is 35.4 Å². The molecule has 0 unspecified atom stereocenters. The summed E-state index contributed by atoms with van der Waals surface area (Å²) in [6.45, 7) is 5.72. The number of nitrogens with one attached hydrogen (secondary N) is 2. The van der Waals surface area contributed by atoms with Crippen LogP contribution in [0.2, 0.25) is 0 Å². The van der Waals surface area contributed by atoms with Crippen molar-refractivity contribution in [1.29, 1.82) is 0 Å². The van der Waals surface area contributed by atoms with Crippen LogP contribution in [0.15, 0.2) is 24.3 Å². The maximum Gasteiger partial charge on any atom is 0.0291 e. The van der Waals surface area contributed by atoms with Crippen LogP contribution in [0, 0.1) is 0 Å². The molecule has 1 aromatic rings. The maximum atomic E-state index is 5.49. The third kappa shape index (κ3) is 13.6. The predicted molar refractivity (Wildman–Crippen MR) is 127 cm³/mol. The second-order valence-corrected chi connectivity index (χ2v) is 10.9. The maximum absolute atomic E-state index is 5.49. The first-order valence-corrected chi connectivity index (χ1v) is 14.2. The van der Waals surface area contributed by atoms with Gasteiger partial charge in [-0.05, 0) is 50.1 Å². The van der Waals surface area contributed by atoms with E-state index >= 15 is 0 Å². The first kappa shape index (κ1) is 24.5. The van der Waals surface area contributed by atoms with Crippen LogP contribution in [0.25, 0.3) is 0 Å². The van der Waals surface area contributed by atoms with Crippen molar-refractivity contribution in [2.45, 2.75) is 24.3 Å². The molecule has 0 heterocycles. The normalized spacial score (nSPS) is 11.2. The summed E-state index contributed by atoms with van der Waals surface area (Å²) < 4.78 is 0. The molecule has 0 aromatic heterocycles. The largest absolute Gasteiger partial charge is 0.330 e. The minimum Gasteiger partial charge on any atom is -0.330 e. The van der Waals surface area contributed by atoms with E-state index in [-0.39, 0.29) is 0 Å². The molecule has 150 valence electrons. The molecule has 0 amide bonds. The molecule has 1 rings (SSSR count). The SMILES string of the molecule is NCCCNCCSSCc1ccccc1CSSCCNCCCN. The lowest BCUT2D eigenvalue weighted by atomic mass is 10.1. The zero-order valence-corrected chi connectivity index (χ0v) is 18.8. The summed E-state index contributed by atoms with van der Waals surface area (Å²) in [5.41, 5.74) is 13.9. The van der Waals surface area contributed by atoms with E-state index in [9.17, 15) is 0 Å². The van der Waals surface area contributed by atoms with Crippen LogP contribution in [0.1, 0.15) is 24.0 Å². The fraction of sp³-hybridized carbons (Fsp3) is 0.667. The van der Waals surface area contributed by atoms with Crippen molar-refractivity contribution in [3.63, 3.8) is 0 Å². The van der Waals surface area contributed by atoms with E-state index in [1.165, 1.54) is 11.1 Å². The number of rotatable bonds is 18. The first-order valence-electron chi connectivity index (χ1n) is 9.25. The molecule has 0 bridgehead atoms. The number of hydrogen-bond donors (Lipinski definition) is 4. The van der Waals surface area contributed by atoms with Gasteiger partial charge in [-0.1, -0.05) is 67.4 Å². The van der Waals surface area contributed by atoms with Crippen LogP contribution in [-0.2, 0) is 11.5 Å². The standard InChI is InChI=1S/C18H34N4S4/c19-7-3-9-21-11-13-23-25-15-17-5-1-2-6-18(17)16-26-24-14-12-22-10-4-8-20/h1-2,5-6,21-22H,3-4,7-16,19-20H2. The van der Waals surface area contributed by atoms with Gasteiger partial charge in [0.1, 0.15) is 0 Å². The lowest BCUT2D eigenvalue weighted by molar-refractivity contribution is 0.683. The Kier molecular flexibility index (Phi) is 17.7. The highest BCUT2D eigenvalue weighted by Crippen LogP contribution is 2.31. The molecule has 0 spiro atoms. The summed E-state index contributed by atoms with van der Waals surface area (Å²) in [6.07, 6.45) is 2.12. The van der Waals surface area contributed by atoms with E-state index in [1.54, 1.807) is 0 Å². The first-order chi connectivity index (χ1) is 12.9. The zero-order valence-electron chi connectivity index (χ0n) is 15.6. The molecule has 26 heavy (non-hydrogen) atoms. The van der Waals surface area contributed by atoms with Gasteiger partial charge in [-0.3, -0.25) is 0 Å². The average molecular weight is 435 g/mol. The molecule has 0 fully saturated rings. The Morgan fingerprint density at radius 1 is 0.654 bits per heavy atom. The van der Waals surface area contributed by atoms with Crippen molar-refractivity contribution >= 4 is 43.2 Å². The van der Waals surface area contributed by atoms with Gasteiger partial charge in [-0.2, -0.15) is 0 Å². The molecule has 0 aliphatic heterocycles. The minimum atomic E-state index is 0.771. The van der Waals surface area contributed by atoms with E-state index in [0.29, 0.717) is 0 Å². The highest BCUT2D eigenvalue weighted by molar-refractivity contribution is 8.76. The van der Waals surface area contributed by atoms with Gasteiger partial charge in [-0.15, -0.1) is 0 Å². The highest BCUT2D eigenvalue weighted by atomic mass is 33.1. The van der Waals surface area contributed by atoms with Crippen LogP contribution in [0.3, 0.4) is 0 Å². The third-order valence-corrected chi connectivity index (χ3v) is 8.19. The van der Waals surface area contributed by atoms with Gasteiger partial charge in [-0.25, -0.2) is 0 Å². The smallest absolute Gasteiger partial charge is 0.0291 e. The average Bonchev–Trinajstić information content (AvgIpc) is 2.67. The molecule has 0 saturated heterocycles. The monoisotopic (exact) mass is 434 g/mol. The van der Waals surface area contributed by atoms with Gasteiger partial charge in [0, 0.05) is 36.1 Å². The third-order valence-electron chi connectivity index (χ3n) is 3.55. The van der Waals surface area contributed by atoms with Crippen LogP contribution >= 0.6 is 43.2 Å². The molecule has 6 N–H and O–H groups in total. The Bertz CT molecular complexity index is 398. The molecule has 4 nitrogen and oxygen atoms in total. The molecule has 0 radical (unpaired) electrons. The van der Waals surface area contributed by atoms with Gasteiger partial charge >= 0.3 is 0 Å². The Hall–Kier alpha value is 0.460. The Morgan fingerprint density at radius 3 is 1.54 bits per heavy atom. The van der Waals surface area contributed by atoms with E-state index < -0.39 is 0 Å². The molecule has 0 saturated carbocycles. The van der Waals surface area contributed by atoms with Crippen molar-refractivity contribution in [2.75, 3.05) is 50.8 Å². The summed E-state index contributed by atoms with van der Waals surface area (Å²) in [7, 11) is 7.81. The molecule has 1 aromatic carbocycles. The summed E-state index contributed by atoms with van der Waals surface area (Å²) in [5.74, 6) is 4.43. The Morgan fingerprint density at radius 2 is 1.12 bits per heavy atom. The van der Waals surface area contributed by atoms with Gasteiger partial charge in [0.2, 0.25) is 0 Å². The fourth-order valence-corrected chi connectivity index (χ4v) is 6.24. The topological polar surface area (TPSA) is 76.1 Å². The van der Waals surface area contributed by atoms with Gasteiger partial charge < -0.3 is 22.1 Å². The molecule has 0 atom stereocenters. The second-order valence-electron chi connectivity index (χ2n) is 5.72. The quantitative estimate of drug-likeness (QED) is 0.207. The zero-order chi connectivity index (χ0) is 18.7. The minimum absolute atomic E-state index is 0.771. The predicted octanol–water partition coefficient (Wildman–Crippen LogP) is 3.33. The van der Waals surface area contributed by atoms with Crippen LogP contribution in [-0.4, -0.2) is 50.8 Å². The lowest BCUT2D eigenvalue weighted by Gasteiger charge is -2.09. The summed E-state index contributed by atoms with van der Waals surface area (Å²) in [5, 5.41) is 6.84. The summed E-state index contributed by atoms with van der Waals surface area (Å²) in [6, 6.07) is 8.83. The van der Waals surface area contributed by atoms with Gasteiger partial charge in [0.05, 0.1) is 0 Å². The van der Waals surface area contributed by atoms with Crippen LogP contribution in [0.5, 0.6) is 0 Å². The van der Waals surface area contributed by atoms with E-state index in [0.717, 1.165) is 75.1 Å². The van der Waals surface area contributed by atoms with Crippen molar-refractivity contribution < 1.29 is 0 Å². The highest BCUT2D eigenvalue weighted by Gasteiger charge is 2.03. The number of nitrogens with two attached hydrogens (primary N) is 2. The molecule has 0 aliphatic rings. The second kappa shape index (κ2) is 18.8. The fourth-order valence-electron chi connectivity index (χ4n) is 2.10. The summed E-state index contributed by atoms with van der Waals surface area (Å²) in [4.78, 5) is 0. The Balaban J connectivity index is 2.10. The number of benzene rings is 1. The van der Waals surface area contributed by atoms with Crippen LogP contribution in [0.4, 0.5) is 0 Å². The van der Waals surface area contributed by atoms with E-state index in [4.69, 9.17) is 11.5 Å². The molecular formula is C18H34N4S4. The molecular weight excluding hydrogens is 400 g/mol. The van der Waals surface area contributed by atoms with Crippen molar-refractivity contribution in [2.24, 2.45) is 11.5 Å². The lowest BCUT2D eigenvalue weighted by Crippen LogP contribution is -2.20. The van der Waals surface area contributed by atoms with Gasteiger partial charge in [0.25, 0.3) is 0 Å². The Labute approximate surface area is 175 Å². The summed E-state index contributed by atoms with van der Waals surface area (Å²) >= 11 is 0. The molecule has 8 heteroatoms. The molecule has 0 aliphatic carbocycles. The van der Waals surface area contributed by atoms with Crippen molar-refractivity contribution in [3.8, 4) is 0 Å².